The number of pyridine rings is 1. The van der Waals surface area contributed by atoms with Crippen molar-refractivity contribution in [3.63, 3.8) is 0 Å². The van der Waals surface area contributed by atoms with Gasteiger partial charge in [-0.25, -0.2) is 44.1 Å². The van der Waals surface area contributed by atoms with Crippen molar-refractivity contribution in [3.05, 3.63) is 117 Å². The van der Waals surface area contributed by atoms with Gasteiger partial charge in [0.25, 0.3) is 5.91 Å². The molecular formula is C43H50BrFN12O3. The maximum atomic E-state index is 15.1. The first-order valence-electron chi connectivity index (χ1n) is 19.4. The van der Waals surface area contributed by atoms with Crippen LogP contribution in [0.2, 0.25) is 0 Å². The minimum absolute atomic E-state index is 0.0176. The number of hydrogen-bond acceptors (Lipinski definition) is 13. The van der Waals surface area contributed by atoms with Gasteiger partial charge in [0.2, 0.25) is 0 Å². The lowest BCUT2D eigenvalue weighted by atomic mass is 10.1. The van der Waals surface area contributed by atoms with Crippen LogP contribution in [0.4, 0.5) is 26.6 Å². The van der Waals surface area contributed by atoms with Gasteiger partial charge in [0.05, 0.1) is 46.6 Å². The monoisotopic (exact) mass is 880 g/mol. The van der Waals surface area contributed by atoms with Crippen LogP contribution < -0.4 is 16.8 Å². The number of benzene rings is 2. The summed E-state index contributed by atoms with van der Waals surface area (Å²) in [5, 5.41) is 15.6. The maximum absolute atomic E-state index is 15.1. The highest BCUT2D eigenvalue weighted by atomic mass is 79.9. The Morgan fingerprint density at radius 1 is 0.917 bits per heavy atom. The summed E-state index contributed by atoms with van der Waals surface area (Å²) < 4.78 is 20.5. The summed E-state index contributed by atoms with van der Waals surface area (Å²) in [6, 6.07) is 16.0. The van der Waals surface area contributed by atoms with Crippen LogP contribution in [0.5, 0.6) is 0 Å². The Balaban J connectivity index is 1.46. The van der Waals surface area contributed by atoms with Gasteiger partial charge in [-0.05, 0) is 119 Å². The average molecular weight is 882 g/mol. The smallest absolute Gasteiger partial charge is 0.429 e. The van der Waals surface area contributed by atoms with Crippen molar-refractivity contribution in [1.29, 1.82) is 5.26 Å². The van der Waals surface area contributed by atoms with E-state index in [1.54, 1.807) is 46.0 Å². The molecule has 0 radical (unpaired) electrons. The summed E-state index contributed by atoms with van der Waals surface area (Å²) in [6.45, 7) is 8.02. The molecule has 314 valence electrons. The number of halogens is 2. The predicted molar refractivity (Wildman–Crippen MR) is 231 cm³/mol. The summed E-state index contributed by atoms with van der Waals surface area (Å²) >= 11 is 3.33. The second-order valence-corrected chi connectivity index (χ2v) is 16.2. The molecular weight excluding hydrogens is 831 g/mol. The topological polar surface area (TPSA) is 205 Å². The number of amides is 2. The number of nitriles is 1. The fourth-order valence-corrected chi connectivity index (χ4v) is 6.54. The lowest BCUT2D eigenvalue weighted by Gasteiger charge is -2.40. The third-order valence-corrected chi connectivity index (χ3v) is 9.66. The van der Waals surface area contributed by atoms with E-state index in [9.17, 15) is 14.4 Å². The standard InChI is InChI=1S/C43H50BrFN12O3/c1-27(30-15-17-32(45)18-16-30)57(56(42(59)60-43(2,3)4)20-8-10-35-39(48)50-26-37(44)54-35)41(58)33-21-29(22-46)24-52-40(33)51-23-28-11-13-31(14-12-28)36-25-49-38(47)34(53-36)9-7-19-55(5)6/h11-18,21,24-27H,7-10,19-20,23H2,1-6H3,(H2,47,49)(H2,48,50)(H,51,52)/t27-/m0/s1. The minimum atomic E-state index is -0.928. The van der Waals surface area contributed by atoms with Crippen LogP contribution in [-0.2, 0) is 24.1 Å². The molecule has 0 fully saturated rings. The summed E-state index contributed by atoms with van der Waals surface area (Å²) in [5.41, 5.74) is 15.7. The van der Waals surface area contributed by atoms with Crippen molar-refractivity contribution in [3.8, 4) is 17.3 Å². The Morgan fingerprint density at radius 3 is 2.18 bits per heavy atom. The van der Waals surface area contributed by atoms with E-state index >= 15 is 4.79 Å². The molecule has 5 rings (SSSR count). The van der Waals surface area contributed by atoms with Gasteiger partial charge in [-0.15, -0.1) is 0 Å². The second kappa shape index (κ2) is 20.1. The molecule has 2 amide bonds. The fourth-order valence-electron chi connectivity index (χ4n) is 6.23. The zero-order chi connectivity index (χ0) is 43.6. The molecule has 5 aromatic rings. The summed E-state index contributed by atoms with van der Waals surface area (Å²) in [4.78, 5) is 53.5. The molecule has 0 bridgehead atoms. The normalized spacial score (nSPS) is 11.8. The van der Waals surface area contributed by atoms with E-state index in [1.807, 2.05) is 38.4 Å². The molecule has 1 atom stereocenters. The van der Waals surface area contributed by atoms with E-state index in [0.29, 0.717) is 46.6 Å². The van der Waals surface area contributed by atoms with Gasteiger partial charge in [-0.3, -0.25) is 4.79 Å². The number of hydrogen-bond donors (Lipinski definition) is 3. The molecule has 0 saturated heterocycles. The number of nitrogens with one attached hydrogen (secondary N) is 1. The van der Waals surface area contributed by atoms with Gasteiger partial charge in [-0.1, -0.05) is 36.4 Å². The van der Waals surface area contributed by atoms with Crippen molar-refractivity contribution >= 4 is 45.4 Å². The van der Waals surface area contributed by atoms with Crippen molar-refractivity contribution < 1.29 is 18.7 Å². The molecule has 15 nitrogen and oxygen atoms in total. The number of carbonyl (C=O) groups excluding carboxylic acids is 2. The van der Waals surface area contributed by atoms with Gasteiger partial charge in [0.1, 0.15) is 39.5 Å². The van der Waals surface area contributed by atoms with Gasteiger partial charge in [-0.2, -0.15) is 5.26 Å². The zero-order valence-corrected chi connectivity index (χ0v) is 36.2. The Bertz CT molecular complexity index is 2320. The van der Waals surface area contributed by atoms with Gasteiger partial charge in [0, 0.05) is 24.8 Å². The number of nitrogen functional groups attached to an aromatic ring is 2. The minimum Gasteiger partial charge on any atom is -0.442 e. The molecule has 60 heavy (non-hydrogen) atoms. The Hall–Kier alpha value is -6.25. The SMILES string of the molecule is C[C@@H](c1ccc(F)cc1)N(C(=O)c1cc(C#N)cnc1NCc1ccc(-c2cnc(N)c(CCCN(C)C)n2)cc1)N(CCCc1nc(Br)cnc1N)C(=O)OC(C)(C)C. The number of aryl methyl sites for hydroxylation is 2. The predicted octanol–water partition coefficient (Wildman–Crippen LogP) is 7.36. The molecule has 2 aromatic carbocycles. The molecule has 0 unspecified atom stereocenters. The lowest BCUT2D eigenvalue weighted by Crippen LogP contribution is -2.53. The van der Waals surface area contributed by atoms with E-state index in [0.717, 1.165) is 29.8 Å². The zero-order valence-electron chi connectivity index (χ0n) is 34.6. The lowest BCUT2D eigenvalue weighted by molar-refractivity contribution is -0.0537. The highest BCUT2D eigenvalue weighted by Crippen LogP contribution is 2.30. The number of aromatic nitrogens is 5. The number of nitrogens with two attached hydrogens (primary N) is 2. The Labute approximate surface area is 358 Å². The number of hydrazine groups is 1. The van der Waals surface area contributed by atoms with Crippen LogP contribution >= 0.6 is 15.9 Å². The molecule has 0 spiro atoms. The largest absolute Gasteiger partial charge is 0.442 e. The number of nitrogens with zero attached hydrogens (tertiary/aromatic N) is 9. The third kappa shape index (κ3) is 12.1. The number of ether oxygens (including phenoxy) is 1. The van der Waals surface area contributed by atoms with Gasteiger partial charge >= 0.3 is 6.09 Å². The molecule has 0 aliphatic heterocycles. The summed E-state index contributed by atoms with van der Waals surface area (Å²) in [6.07, 6.45) is 5.91. The molecule has 0 aliphatic carbocycles. The first kappa shape index (κ1) is 44.8. The van der Waals surface area contributed by atoms with Crippen molar-refractivity contribution in [2.75, 3.05) is 44.0 Å². The number of rotatable bonds is 15. The van der Waals surface area contributed by atoms with E-state index < -0.39 is 29.5 Å². The van der Waals surface area contributed by atoms with Crippen LogP contribution in [0.15, 0.2) is 77.8 Å². The molecule has 0 aliphatic rings. The maximum Gasteiger partial charge on any atom is 0.429 e. The third-order valence-electron chi connectivity index (χ3n) is 9.28. The van der Waals surface area contributed by atoms with E-state index in [-0.39, 0.29) is 35.9 Å². The first-order valence-corrected chi connectivity index (χ1v) is 20.2. The molecule has 17 heteroatoms. The fraction of sp³-hybridized carbons (Fsp3) is 0.349. The van der Waals surface area contributed by atoms with Gasteiger partial charge < -0.3 is 26.4 Å². The molecule has 3 heterocycles. The van der Waals surface area contributed by atoms with Crippen molar-refractivity contribution in [1.82, 2.24) is 39.8 Å². The second-order valence-electron chi connectivity index (χ2n) is 15.4. The van der Waals surface area contributed by atoms with Crippen LogP contribution in [-0.4, -0.2) is 84.6 Å². The highest BCUT2D eigenvalue weighted by molar-refractivity contribution is 9.10. The van der Waals surface area contributed by atoms with E-state index in [1.165, 1.54) is 40.6 Å². The number of carbonyl (C=O) groups is 2. The average Bonchev–Trinajstić information content (AvgIpc) is 3.21. The Morgan fingerprint density at radius 2 is 1.55 bits per heavy atom. The summed E-state index contributed by atoms with van der Waals surface area (Å²) in [7, 11) is 4.04. The first-order chi connectivity index (χ1) is 28.5. The van der Waals surface area contributed by atoms with Crippen LogP contribution in [0.3, 0.4) is 0 Å². The molecule has 5 N–H and O–H groups in total. The quantitative estimate of drug-likeness (QED) is 0.0881. The van der Waals surface area contributed by atoms with Crippen molar-refractivity contribution in [2.24, 2.45) is 0 Å². The highest BCUT2D eigenvalue weighted by Gasteiger charge is 2.36. The number of anilines is 3. The van der Waals surface area contributed by atoms with Crippen molar-refractivity contribution in [2.45, 2.75) is 71.6 Å². The molecule has 0 saturated carbocycles. The van der Waals surface area contributed by atoms with Crippen LogP contribution in [0.25, 0.3) is 11.3 Å². The molecule has 3 aromatic heterocycles. The van der Waals surface area contributed by atoms with Crippen LogP contribution in [0, 0.1) is 17.1 Å². The van der Waals surface area contributed by atoms with E-state index in [4.69, 9.17) is 21.2 Å². The van der Waals surface area contributed by atoms with Gasteiger partial charge in [0.15, 0.2) is 0 Å². The van der Waals surface area contributed by atoms with Crippen LogP contribution in [0.1, 0.15) is 85.0 Å². The Kier molecular flexibility index (Phi) is 15.1. The van der Waals surface area contributed by atoms with E-state index in [2.05, 4.69) is 52.2 Å². The summed E-state index contributed by atoms with van der Waals surface area (Å²) in [5.74, 6) is -0.303.